The topological polar surface area (TPSA) is 48.4 Å². The zero-order valence-electron chi connectivity index (χ0n) is 10.8. The van der Waals surface area contributed by atoms with Crippen molar-refractivity contribution in [2.45, 2.75) is 39.7 Å². The Hall–Kier alpha value is -1.58. The molecule has 0 amide bonds. The number of rotatable bonds is 4. The molecule has 0 saturated carbocycles. The van der Waals surface area contributed by atoms with E-state index >= 15 is 0 Å². The quantitative estimate of drug-likeness (QED) is 0.754. The van der Waals surface area contributed by atoms with E-state index in [2.05, 4.69) is 4.98 Å². The molecule has 0 aliphatic rings. The standard InChI is InChI=1S/C13H19NO3/c1-5-16-11-8-6-7-10(14-11)9-12(15)17-13(2,3)4/h6-8H,5,9H2,1-4H3. The number of hydrogen-bond acceptors (Lipinski definition) is 4. The van der Waals surface area contributed by atoms with Crippen LogP contribution in [0.3, 0.4) is 0 Å². The Morgan fingerprint density at radius 3 is 2.65 bits per heavy atom. The van der Waals surface area contributed by atoms with E-state index in [1.54, 1.807) is 12.1 Å². The number of nitrogens with zero attached hydrogens (tertiary/aromatic N) is 1. The zero-order valence-corrected chi connectivity index (χ0v) is 10.8. The predicted octanol–water partition coefficient (Wildman–Crippen LogP) is 2.36. The van der Waals surface area contributed by atoms with Gasteiger partial charge in [-0.15, -0.1) is 0 Å². The summed E-state index contributed by atoms with van der Waals surface area (Å²) in [5.41, 5.74) is 0.194. The first-order valence-electron chi connectivity index (χ1n) is 5.71. The van der Waals surface area contributed by atoms with Gasteiger partial charge < -0.3 is 9.47 Å². The van der Waals surface area contributed by atoms with Crippen LogP contribution < -0.4 is 4.74 Å². The summed E-state index contributed by atoms with van der Waals surface area (Å²) in [7, 11) is 0. The van der Waals surface area contributed by atoms with Gasteiger partial charge in [0.2, 0.25) is 5.88 Å². The third-order valence-electron chi connectivity index (χ3n) is 1.82. The summed E-state index contributed by atoms with van der Waals surface area (Å²) < 4.78 is 10.5. The summed E-state index contributed by atoms with van der Waals surface area (Å²) in [6.07, 6.45) is 0.165. The molecule has 0 aliphatic carbocycles. The van der Waals surface area contributed by atoms with E-state index in [0.29, 0.717) is 18.2 Å². The van der Waals surface area contributed by atoms with Gasteiger partial charge >= 0.3 is 5.97 Å². The highest BCUT2D eigenvalue weighted by Gasteiger charge is 2.17. The molecule has 1 rings (SSSR count). The van der Waals surface area contributed by atoms with Crippen molar-refractivity contribution in [1.29, 1.82) is 0 Å². The van der Waals surface area contributed by atoms with Gasteiger partial charge in [0.05, 0.1) is 18.7 Å². The van der Waals surface area contributed by atoms with Crippen molar-refractivity contribution < 1.29 is 14.3 Å². The third kappa shape index (κ3) is 5.33. The molecule has 1 heterocycles. The number of pyridine rings is 1. The van der Waals surface area contributed by atoms with Crippen LogP contribution in [0.2, 0.25) is 0 Å². The third-order valence-corrected chi connectivity index (χ3v) is 1.82. The molecule has 4 heteroatoms. The molecule has 17 heavy (non-hydrogen) atoms. The summed E-state index contributed by atoms with van der Waals surface area (Å²) in [4.78, 5) is 15.8. The van der Waals surface area contributed by atoms with Gasteiger partial charge in [-0.05, 0) is 33.8 Å². The second-order valence-electron chi connectivity index (χ2n) is 4.66. The van der Waals surface area contributed by atoms with E-state index in [9.17, 15) is 4.79 Å². The van der Waals surface area contributed by atoms with E-state index in [1.807, 2.05) is 33.8 Å². The fourth-order valence-corrected chi connectivity index (χ4v) is 1.31. The molecule has 0 saturated heterocycles. The van der Waals surface area contributed by atoms with E-state index in [0.717, 1.165) is 0 Å². The van der Waals surface area contributed by atoms with Crippen molar-refractivity contribution in [3.05, 3.63) is 23.9 Å². The summed E-state index contributed by atoms with van der Waals surface area (Å²) in [6.45, 7) is 7.98. The highest BCUT2D eigenvalue weighted by atomic mass is 16.6. The Kier molecular flexibility index (Phi) is 4.49. The van der Waals surface area contributed by atoms with Gasteiger partial charge in [0, 0.05) is 6.07 Å². The smallest absolute Gasteiger partial charge is 0.312 e. The van der Waals surface area contributed by atoms with E-state index < -0.39 is 5.60 Å². The molecule has 0 aliphatic heterocycles. The molecular weight excluding hydrogens is 218 g/mol. The minimum absolute atomic E-state index is 0.165. The average molecular weight is 237 g/mol. The first-order valence-corrected chi connectivity index (χ1v) is 5.71. The van der Waals surface area contributed by atoms with Gasteiger partial charge in [-0.25, -0.2) is 4.98 Å². The zero-order chi connectivity index (χ0) is 12.9. The number of carbonyl (C=O) groups is 1. The molecule has 0 N–H and O–H groups in total. The van der Waals surface area contributed by atoms with Crippen LogP contribution in [0.1, 0.15) is 33.4 Å². The van der Waals surface area contributed by atoms with Crippen LogP contribution in [0.4, 0.5) is 0 Å². The average Bonchev–Trinajstić information content (AvgIpc) is 2.15. The normalized spacial score (nSPS) is 11.1. The molecule has 0 spiro atoms. The van der Waals surface area contributed by atoms with Crippen molar-refractivity contribution in [3.8, 4) is 5.88 Å². The molecule has 0 radical (unpaired) electrons. The van der Waals surface area contributed by atoms with Crippen LogP contribution in [0, 0.1) is 0 Å². The SMILES string of the molecule is CCOc1cccc(CC(=O)OC(C)(C)C)n1. The lowest BCUT2D eigenvalue weighted by Gasteiger charge is -2.19. The Morgan fingerprint density at radius 2 is 2.06 bits per heavy atom. The Bertz CT molecular complexity index is 382. The highest BCUT2D eigenvalue weighted by Crippen LogP contribution is 2.11. The van der Waals surface area contributed by atoms with Crippen molar-refractivity contribution in [1.82, 2.24) is 4.98 Å². The minimum Gasteiger partial charge on any atom is -0.478 e. The van der Waals surface area contributed by atoms with E-state index in [-0.39, 0.29) is 12.4 Å². The molecule has 94 valence electrons. The van der Waals surface area contributed by atoms with Crippen molar-refractivity contribution >= 4 is 5.97 Å². The maximum Gasteiger partial charge on any atom is 0.312 e. The fraction of sp³-hybridized carbons (Fsp3) is 0.538. The summed E-state index contributed by atoms with van der Waals surface area (Å²) in [5, 5.41) is 0. The highest BCUT2D eigenvalue weighted by molar-refractivity contribution is 5.72. The lowest BCUT2D eigenvalue weighted by molar-refractivity contribution is -0.153. The molecule has 0 unspecified atom stereocenters. The van der Waals surface area contributed by atoms with E-state index in [4.69, 9.17) is 9.47 Å². The molecule has 0 aromatic carbocycles. The first-order chi connectivity index (χ1) is 7.90. The van der Waals surface area contributed by atoms with Gasteiger partial charge in [-0.3, -0.25) is 4.79 Å². The second kappa shape index (κ2) is 5.66. The van der Waals surface area contributed by atoms with Crippen LogP contribution in [-0.4, -0.2) is 23.2 Å². The molecular formula is C13H19NO3. The molecule has 1 aromatic rings. The van der Waals surface area contributed by atoms with Crippen LogP contribution in [0.15, 0.2) is 18.2 Å². The number of aromatic nitrogens is 1. The molecule has 1 aromatic heterocycles. The van der Waals surface area contributed by atoms with Crippen LogP contribution in [0.25, 0.3) is 0 Å². The Morgan fingerprint density at radius 1 is 1.35 bits per heavy atom. The second-order valence-corrected chi connectivity index (χ2v) is 4.66. The maximum atomic E-state index is 11.6. The van der Waals surface area contributed by atoms with Gasteiger partial charge in [0.25, 0.3) is 0 Å². The van der Waals surface area contributed by atoms with Crippen LogP contribution >= 0.6 is 0 Å². The monoisotopic (exact) mass is 237 g/mol. The van der Waals surface area contributed by atoms with Crippen molar-refractivity contribution in [2.75, 3.05) is 6.61 Å². The molecule has 4 nitrogen and oxygen atoms in total. The number of esters is 1. The molecule has 0 atom stereocenters. The summed E-state index contributed by atoms with van der Waals surface area (Å²) in [5.74, 6) is 0.257. The van der Waals surface area contributed by atoms with Gasteiger partial charge in [0.15, 0.2) is 0 Å². The largest absolute Gasteiger partial charge is 0.478 e. The van der Waals surface area contributed by atoms with Crippen LogP contribution in [0.5, 0.6) is 5.88 Å². The predicted molar refractivity (Wildman–Crippen MR) is 65.0 cm³/mol. The lowest BCUT2D eigenvalue weighted by Crippen LogP contribution is -2.25. The first kappa shape index (κ1) is 13.5. The fourth-order valence-electron chi connectivity index (χ4n) is 1.31. The minimum atomic E-state index is -0.464. The van der Waals surface area contributed by atoms with Gasteiger partial charge in [0.1, 0.15) is 5.60 Å². The Balaban J connectivity index is 2.62. The molecule has 0 fully saturated rings. The number of ether oxygens (including phenoxy) is 2. The molecule has 0 bridgehead atoms. The number of hydrogen-bond donors (Lipinski definition) is 0. The maximum absolute atomic E-state index is 11.6. The van der Waals surface area contributed by atoms with Gasteiger partial charge in [-0.1, -0.05) is 6.07 Å². The van der Waals surface area contributed by atoms with E-state index in [1.165, 1.54) is 0 Å². The summed E-state index contributed by atoms with van der Waals surface area (Å²) in [6, 6.07) is 5.37. The number of carbonyl (C=O) groups excluding carboxylic acids is 1. The summed E-state index contributed by atoms with van der Waals surface area (Å²) >= 11 is 0. The Labute approximate surface area is 102 Å². The van der Waals surface area contributed by atoms with Crippen LogP contribution in [-0.2, 0) is 16.0 Å². The van der Waals surface area contributed by atoms with Gasteiger partial charge in [-0.2, -0.15) is 0 Å². The van der Waals surface area contributed by atoms with Crippen molar-refractivity contribution in [3.63, 3.8) is 0 Å². The van der Waals surface area contributed by atoms with Crippen molar-refractivity contribution in [2.24, 2.45) is 0 Å². The lowest BCUT2D eigenvalue weighted by atomic mass is 10.2.